The van der Waals surface area contributed by atoms with E-state index in [0.29, 0.717) is 5.82 Å². The fourth-order valence-corrected chi connectivity index (χ4v) is 3.54. The molecule has 0 aromatic carbocycles. The maximum Gasteiger partial charge on any atom is 0.146 e. The average Bonchev–Trinajstić information content (AvgIpc) is 2.88. The van der Waals surface area contributed by atoms with Crippen LogP contribution in [0, 0.1) is 5.92 Å². The van der Waals surface area contributed by atoms with Crippen molar-refractivity contribution in [1.82, 2.24) is 14.9 Å². The molecule has 5 heteroatoms. The SMILES string of the molecule is CCC1CCN(Cc2nc(N)c3ccsc3n2)CC1. The number of likely N-dealkylation sites (tertiary alicyclic amines) is 1. The van der Waals surface area contributed by atoms with Gasteiger partial charge in [-0.2, -0.15) is 0 Å². The molecular formula is C14H20N4S. The van der Waals surface area contributed by atoms with E-state index in [4.69, 9.17) is 5.73 Å². The Morgan fingerprint density at radius 1 is 1.37 bits per heavy atom. The monoisotopic (exact) mass is 276 g/mol. The Kier molecular flexibility index (Phi) is 3.66. The van der Waals surface area contributed by atoms with E-state index in [2.05, 4.69) is 21.8 Å². The van der Waals surface area contributed by atoms with Crippen LogP contribution in [-0.4, -0.2) is 28.0 Å². The van der Waals surface area contributed by atoms with Crippen LogP contribution in [-0.2, 0) is 6.54 Å². The normalized spacial score (nSPS) is 18.2. The van der Waals surface area contributed by atoms with Crippen LogP contribution in [0.1, 0.15) is 32.0 Å². The van der Waals surface area contributed by atoms with Crippen LogP contribution in [0.2, 0.25) is 0 Å². The van der Waals surface area contributed by atoms with Gasteiger partial charge in [0.25, 0.3) is 0 Å². The molecule has 2 aromatic rings. The third-order valence-electron chi connectivity index (χ3n) is 4.05. The highest BCUT2D eigenvalue weighted by atomic mass is 32.1. The minimum Gasteiger partial charge on any atom is -0.383 e. The molecule has 0 saturated carbocycles. The number of rotatable bonds is 3. The molecule has 0 unspecified atom stereocenters. The lowest BCUT2D eigenvalue weighted by atomic mass is 9.94. The third kappa shape index (κ3) is 2.72. The molecule has 2 N–H and O–H groups in total. The summed E-state index contributed by atoms with van der Waals surface area (Å²) >= 11 is 1.63. The molecule has 19 heavy (non-hydrogen) atoms. The molecule has 0 atom stereocenters. The largest absolute Gasteiger partial charge is 0.383 e. The standard InChI is InChI=1S/C14H20N4S/c1-2-10-3-6-18(7-4-10)9-12-16-13(15)11-5-8-19-14(11)17-12/h5,8,10H,2-4,6-7,9H2,1H3,(H2,15,16,17). The van der Waals surface area contributed by atoms with E-state index in [1.807, 2.05) is 11.4 Å². The lowest BCUT2D eigenvalue weighted by molar-refractivity contribution is 0.172. The van der Waals surface area contributed by atoms with Gasteiger partial charge in [-0.25, -0.2) is 9.97 Å². The van der Waals surface area contributed by atoms with Crippen molar-refractivity contribution in [2.75, 3.05) is 18.8 Å². The first kappa shape index (κ1) is 12.8. The van der Waals surface area contributed by atoms with Gasteiger partial charge in [0.15, 0.2) is 0 Å². The van der Waals surface area contributed by atoms with Crippen LogP contribution < -0.4 is 5.73 Å². The summed E-state index contributed by atoms with van der Waals surface area (Å²) in [6.07, 6.45) is 3.90. The molecule has 2 aromatic heterocycles. The molecule has 102 valence electrons. The van der Waals surface area contributed by atoms with E-state index >= 15 is 0 Å². The fourth-order valence-electron chi connectivity index (χ4n) is 2.75. The lowest BCUT2D eigenvalue weighted by Gasteiger charge is -2.30. The van der Waals surface area contributed by atoms with Crippen LogP contribution in [0.5, 0.6) is 0 Å². The van der Waals surface area contributed by atoms with Crippen LogP contribution in [0.25, 0.3) is 10.2 Å². The Balaban J connectivity index is 1.71. The molecule has 3 heterocycles. The third-order valence-corrected chi connectivity index (χ3v) is 4.86. The smallest absolute Gasteiger partial charge is 0.146 e. The quantitative estimate of drug-likeness (QED) is 0.936. The maximum absolute atomic E-state index is 5.99. The lowest BCUT2D eigenvalue weighted by Crippen LogP contribution is -2.33. The number of nitrogens with two attached hydrogens (primary N) is 1. The fraction of sp³-hybridized carbons (Fsp3) is 0.571. The second-order valence-corrected chi connectivity index (χ2v) is 6.19. The minimum atomic E-state index is 0.615. The summed E-state index contributed by atoms with van der Waals surface area (Å²) < 4.78 is 0. The second-order valence-electron chi connectivity index (χ2n) is 5.29. The summed E-state index contributed by atoms with van der Waals surface area (Å²) in [5.74, 6) is 2.38. The van der Waals surface area contributed by atoms with Gasteiger partial charge in [-0.15, -0.1) is 11.3 Å². The number of piperidine rings is 1. The van der Waals surface area contributed by atoms with E-state index in [1.54, 1.807) is 11.3 Å². The first-order valence-corrected chi connectivity index (χ1v) is 7.86. The Morgan fingerprint density at radius 3 is 2.89 bits per heavy atom. The summed E-state index contributed by atoms with van der Waals surface area (Å²) in [6, 6.07) is 1.99. The predicted octanol–water partition coefficient (Wildman–Crippen LogP) is 2.90. The summed E-state index contributed by atoms with van der Waals surface area (Å²) in [4.78, 5) is 12.5. The van der Waals surface area contributed by atoms with Gasteiger partial charge in [0.05, 0.1) is 11.9 Å². The van der Waals surface area contributed by atoms with Crippen LogP contribution >= 0.6 is 11.3 Å². The van der Waals surface area contributed by atoms with Crippen LogP contribution in [0.3, 0.4) is 0 Å². The number of nitrogens with zero attached hydrogens (tertiary/aromatic N) is 3. The van der Waals surface area contributed by atoms with Gasteiger partial charge in [0.2, 0.25) is 0 Å². The zero-order valence-corrected chi connectivity index (χ0v) is 12.1. The zero-order valence-electron chi connectivity index (χ0n) is 11.3. The van der Waals surface area contributed by atoms with Crippen LogP contribution in [0.4, 0.5) is 5.82 Å². The van der Waals surface area contributed by atoms with Crippen molar-refractivity contribution in [3.05, 3.63) is 17.3 Å². The number of anilines is 1. The Bertz CT molecular complexity index is 558. The first-order chi connectivity index (χ1) is 9.26. The highest BCUT2D eigenvalue weighted by Crippen LogP contribution is 2.24. The predicted molar refractivity (Wildman–Crippen MR) is 80.1 cm³/mol. The minimum absolute atomic E-state index is 0.615. The summed E-state index contributed by atoms with van der Waals surface area (Å²) in [5, 5.41) is 3.00. The number of nitrogen functional groups attached to an aromatic ring is 1. The van der Waals surface area contributed by atoms with Crippen molar-refractivity contribution in [3.8, 4) is 0 Å². The number of fused-ring (bicyclic) bond motifs is 1. The summed E-state index contributed by atoms with van der Waals surface area (Å²) in [7, 11) is 0. The number of aromatic nitrogens is 2. The maximum atomic E-state index is 5.99. The van der Waals surface area contributed by atoms with E-state index in [1.165, 1.54) is 19.3 Å². The Labute approximate surface area is 117 Å². The van der Waals surface area contributed by atoms with Crippen molar-refractivity contribution >= 4 is 27.4 Å². The van der Waals surface area contributed by atoms with Crippen molar-refractivity contribution < 1.29 is 0 Å². The molecule has 1 aliphatic heterocycles. The molecule has 0 radical (unpaired) electrons. The highest BCUT2D eigenvalue weighted by molar-refractivity contribution is 7.16. The molecule has 1 aliphatic rings. The van der Waals surface area contributed by atoms with Gasteiger partial charge < -0.3 is 5.73 Å². The van der Waals surface area contributed by atoms with Gasteiger partial charge >= 0.3 is 0 Å². The Hall–Kier alpha value is -1.20. The molecule has 1 fully saturated rings. The zero-order chi connectivity index (χ0) is 13.2. The van der Waals surface area contributed by atoms with Gasteiger partial charge in [-0.05, 0) is 43.3 Å². The summed E-state index contributed by atoms with van der Waals surface area (Å²) in [5.41, 5.74) is 5.99. The first-order valence-electron chi connectivity index (χ1n) is 6.98. The van der Waals surface area contributed by atoms with Crippen molar-refractivity contribution in [3.63, 3.8) is 0 Å². The number of hydrogen-bond acceptors (Lipinski definition) is 5. The number of thiophene rings is 1. The molecule has 0 spiro atoms. The Morgan fingerprint density at radius 2 is 2.16 bits per heavy atom. The van der Waals surface area contributed by atoms with Gasteiger partial charge in [0, 0.05) is 0 Å². The molecule has 0 aliphatic carbocycles. The second kappa shape index (κ2) is 5.43. The van der Waals surface area contributed by atoms with Crippen LogP contribution in [0.15, 0.2) is 11.4 Å². The van der Waals surface area contributed by atoms with E-state index < -0.39 is 0 Å². The van der Waals surface area contributed by atoms with Gasteiger partial charge in [-0.1, -0.05) is 13.3 Å². The van der Waals surface area contributed by atoms with Crippen molar-refractivity contribution in [2.24, 2.45) is 5.92 Å². The van der Waals surface area contributed by atoms with E-state index in [-0.39, 0.29) is 0 Å². The molecule has 0 amide bonds. The molecule has 1 saturated heterocycles. The number of hydrogen-bond donors (Lipinski definition) is 1. The topological polar surface area (TPSA) is 55.0 Å². The van der Waals surface area contributed by atoms with Gasteiger partial charge in [-0.3, -0.25) is 4.90 Å². The molecular weight excluding hydrogens is 256 g/mol. The highest BCUT2D eigenvalue weighted by Gasteiger charge is 2.19. The molecule has 4 nitrogen and oxygen atoms in total. The van der Waals surface area contributed by atoms with Crippen molar-refractivity contribution in [2.45, 2.75) is 32.7 Å². The average molecular weight is 276 g/mol. The molecule has 0 bridgehead atoms. The van der Waals surface area contributed by atoms with E-state index in [0.717, 1.165) is 41.6 Å². The van der Waals surface area contributed by atoms with Gasteiger partial charge in [0.1, 0.15) is 16.5 Å². The van der Waals surface area contributed by atoms with Crippen molar-refractivity contribution in [1.29, 1.82) is 0 Å². The van der Waals surface area contributed by atoms with E-state index in [9.17, 15) is 0 Å². The summed E-state index contributed by atoms with van der Waals surface area (Å²) in [6.45, 7) is 5.43. The molecule has 3 rings (SSSR count).